The maximum Gasteiger partial charge on any atom is 0.472 e. The highest BCUT2D eigenvalue weighted by atomic mass is 31.2. The van der Waals surface area contributed by atoms with Crippen LogP contribution in [0.4, 0.5) is 11.8 Å². The van der Waals surface area contributed by atoms with E-state index in [4.69, 9.17) is 34.7 Å². The van der Waals surface area contributed by atoms with Gasteiger partial charge < -0.3 is 50.6 Å². The third-order valence-electron chi connectivity index (χ3n) is 7.34. The van der Waals surface area contributed by atoms with Crippen LogP contribution >= 0.6 is 15.6 Å². The van der Waals surface area contributed by atoms with E-state index in [0.717, 1.165) is 17.2 Å². The molecular weight excluding hydrogens is 678 g/mol. The molecule has 6 rings (SSSR count). The summed E-state index contributed by atoms with van der Waals surface area (Å²) in [6.45, 7) is -1.64. The average molecular weight is 706 g/mol. The third kappa shape index (κ3) is 6.51. The number of H-pyrrole nitrogens is 1. The quantitative estimate of drug-likeness (QED) is 0.0733. The van der Waals surface area contributed by atoms with E-state index in [1.807, 2.05) is 0 Å². The van der Waals surface area contributed by atoms with Gasteiger partial charge in [-0.25, -0.2) is 29.1 Å². The van der Waals surface area contributed by atoms with E-state index >= 15 is 0 Å². The van der Waals surface area contributed by atoms with Crippen LogP contribution in [0, 0.1) is 0 Å². The van der Waals surface area contributed by atoms with Gasteiger partial charge in [-0.15, -0.1) is 0 Å². The number of fused-ring (bicyclic) bond motifs is 2. The van der Waals surface area contributed by atoms with Gasteiger partial charge >= 0.3 is 15.6 Å². The second-order valence-electron chi connectivity index (χ2n) is 10.3. The van der Waals surface area contributed by atoms with E-state index in [0.29, 0.717) is 0 Å². The molecule has 0 spiro atoms. The number of ether oxygens (including phenoxy) is 3. The lowest BCUT2D eigenvalue weighted by Gasteiger charge is -2.26. The summed E-state index contributed by atoms with van der Waals surface area (Å²) in [6.07, 6.45) is -7.99. The summed E-state index contributed by atoms with van der Waals surface area (Å²) in [5.74, 6) is -0.201. The van der Waals surface area contributed by atoms with Crippen molar-refractivity contribution < 1.29 is 61.8 Å². The Morgan fingerprint density at radius 1 is 0.894 bits per heavy atom. The molecule has 0 amide bonds. The van der Waals surface area contributed by atoms with Gasteiger partial charge in [-0.3, -0.25) is 32.5 Å². The van der Waals surface area contributed by atoms with Gasteiger partial charge in [0.15, 0.2) is 35.1 Å². The average Bonchev–Trinajstić information content (AvgIpc) is 3.75. The van der Waals surface area contributed by atoms with Crippen molar-refractivity contribution >= 4 is 49.7 Å². The Morgan fingerprint density at radius 3 is 2.26 bits per heavy atom. The van der Waals surface area contributed by atoms with Gasteiger partial charge in [0.1, 0.15) is 48.5 Å². The van der Waals surface area contributed by atoms with Crippen LogP contribution in [0.2, 0.25) is 0 Å². The summed E-state index contributed by atoms with van der Waals surface area (Å²) in [7, 11) is -8.95. The molecular formula is C21H28N10O14P2. The lowest BCUT2D eigenvalue weighted by atomic mass is 10.1. The number of rotatable bonds is 11. The van der Waals surface area contributed by atoms with Crippen LogP contribution in [0.5, 0.6) is 0 Å². The van der Waals surface area contributed by atoms with Crippen molar-refractivity contribution in [2.45, 2.75) is 49.1 Å². The van der Waals surface area contributed by atoms with Gasteiger partial charge in [-0.05, 0) is 0 Å². The lowest BCUT2D eigenvalue weighted by Crippen LogP contribution is -2.38. The highest BCUT2D eigenvalue weighted by Crippen LogP contribution is 2.50. The Bertz CT molecular complexity index is 1930. The van der Waals surface area contributed by atoms with Crippen LogP contribution in [-0.4, -0.2) is 121 Å². The maximum absolute atomic E-state index is 13.2. The fourth-order valence-electron chi connectivity index (χ4n) is 5.25. The van der Waals surface area contributed by atoms with Gasteiger partial charge in [-0.2, -0.15) is 4.98 Å². The molecule has 0 aliphatic carbocycles. The van der Waals surface area contributed by atoms with Crippen molar-refractivity contribution in [2.24, 2.45) is 0 Å². The Labute approximate surface area is 261 Å². The molecule has 2 saturated heterocycles. The first-order chi connectivity index (χ1) is 22.2. The number of aromatic nitrogens is 8. The Morgan fingerprint density at radius 2 is 1.55 bits per heavy atom. The molecule has 3 unspecified atom stereocenters. The zero-order chi connectivity index (χ0) is 33.8. The number of hydrogen-bond donors (Lipinski definition) is 8. The second-order valence-corrected chi connectivity index (χ2v) is 12.9. The van der Waals surface area contributed by atoms with Crippen LogP contribution in [0.3, 0.4) is 0 Å². The van der Waals surface area contributed by atoms with Gasteiger partial charge in [0.25, 0.3) is 5.56 Å². The first-order valence-electron chi connectivity index (χ1n) is 13.4. The molecule has 2 fully saturated rings. The Balaban J connectivity index is 1.20. The van der Waals surface area contributed by atoms with Gasteiger partial charge in [0, 0.05) is 7.11 Å². The van der Waals surface area contributed by atoms with Crippen LogP contribution < -0.4 is 17.0 Å². The molecule has 26 heteroatoms. The molecule has 24 nitrogen and oxygen atoms in total. The summed E-state index contributed by atoms with van der Waals surface area (Å²) in [4.78, 5) is 63.6. The molecule has 10 N–H and O–H groups in total. The van der Waals surface area contributed by atoms with Crippen LogP contribution in [0.1, 0.15) is 12.5 Å². The van der Waals surface area contributed by atoms with E-state index in [2.05, 4.69) is 34.4 Å². The topological polar surface area (TPSA) is 350 Å². The Hall–Kier alpha value is -3.48. The van der Waals surface area contributed by atoms with Crippen molar-refractivity contribution in [3.63, 3.8) is 0 Å². The van der Waals surface area contributed by atoms with Crippen LogP contribution in [0.15, 0.2) is 23.8 Å². The van der Waals surface area contributed by atoms with Gasteiger partial charge in [0.05, 0.1) is 25.9 Å². The minimum Gasteiger partial charge on any atom is -0.387 e. The molecule has 9 atom stereocenters. The molecule has 4 aromatic heterocycles. The molecule has 2 aliphatic rings. The molecule has 2 aliphatic heterocycles. The number of methoxy groups -OCH3 is 1. The molecule has 256 valence electrons. The monoisotopic (exact) mass is 706 g/mol. The number of nitrogens with zero attached hydrogens (tertiary/aromatic N) is 7. The van der Waals surface area contributed by atoms with Crippen LogP contribution in [0.25, 0.3) is 22.3 Å². The first-order valence-corrected chi connectivity index (χ1v) is 16.4. The van der Waals surface area contributed by atoms with Crippen molar-refractivity contribution in [2.75, 3.05) is 31.8 Å². The summed E-state index contributed by atoms with van der Waals surface area (Å²) in [6, 6.07) is 0. The number of imidazole rings is 2. The van der Waals surface area contributed by atoms with Crippen molar-refractivity contribution in [1.29, 1.82) is 0 Å². The van der Waals surface area contributed by atoms with Crippen LogP contribution in [-0.2, 0) is 36.9 Å². The van der Waals surface area contributed by atoms with E-state index in [1.165, 1.54) is 18.0 Å². The normalized spacial score (nSPS) is 29.6. The summed E-state index contributed by atoms with van der Waals surface area (Å²) < 4.78 is 59.3. The largest absolute Gasteiger partial charge is 0.472 e. The zero-order valence-corrected chi connectivity index (χ0v) is 25.6. The molecule has 0 radical (unpaired) electrons. The predicted octanol–water partition coefficient (Wildman–Crippen LogP) is -2.73. The molecule has 0 saturated carbocycles. The van der Waals surface area contributed by atoms with E-state index < -0.39 is 83.5 Å². The number of aliphatic hydroxyl groups is 2. The lowest BCUT2D eigenvalue weighted by molar-refractivity contribution is -0.0582. The number of nitrogen functional groups attached to an aromatic ring is 2. The van der Waals surface area contributed by atoms with E-state index in [-0.39, 0.29) is 34.1 Å². The number of phosphoric ester groups is 2. The summed E-state index contributed by atoms with van der Waals surface area (Å²) >= 11 is 0. The Kier molecular flexibility index (Phi) is 8.90. The molecule has 47 heavy (non-hydrogen) atoms. The number of nitrogens with one attached hydrogen (secondary N) is 1. The number of nitrogens with two attached hydrogens (primary N) is 2. The third-order valence-corrected chi connectivity index (χ3v) is 8.82. The number of aliphatic hydroxyl groups excluding tert-OH is 2. The molecule has 4 aromatic rings. The smallest absolute Gasteiger partial charge is 0.387 e. The number of aromatic amines is 1. The summed E-state index contributed by atoms with van der Waals surface area (Å²) in [5, 5.41) is 21.3. The minimum absolute atomic E-state index is 0.0436. The maximum atomic E-state index is 13.2. The van der Waals surface area contributed by atoms with Crippen molar-refractivity contribution in [3.8, 4) is 0 Å². The second kappa shape index (κ2) is 12.5. The summed E-state index contributed by atoms with van der Waals surface area (Å²) in [5.41, 5.74) is 11.0. The van der Waals surface area contributed by atoms with Gasteiger partial charge in [-0.1, -0.05) is 0 Å². The highest BCUT2D eigenvalue weighted by Gasteiger charge is 2.52. The number of phosphoric acid groups is 2. The van der Waals surface area contributed by atoms with Crippen molar-refractivity contribution in [1.82, 2.24) is 39.0 Å². The van der Waals surface area contributed by atoms with E-state index in [1.54, 1.807) is 0 Å². The minimum atomic E-state index is -5.13. The SMILES string of the molecule is COC1[C@@H](OP(=O)(O)OC[C@H]2O[C@@H](n3cnc4c(=O)[nH]c(N)nc43)C(O)[C@H]2O)[C@@H](COP(=O)(O)O)O[C@H]1n1cnc2c(N)ncnc21. The highest BCUT2D eigenvalue weighted by molar-refractivity contribution is 7.47. The standard InChI is InChI=1S/C21H28N10O14P2/c1-40-14-13(8(3-41-46(35,36)37)44-20(14)30-5-26-9-15(22)24-4-25-16(9)30)45-47(38,39)42-2-7-11(32)12(33)19(43-7)31-6-27-10-17(31)28-21(23)29-18(10)34/h4-8,11-14,19-20,32-33H,2-3H2,1H3,(H,38,39)(H2,22,24,25)(H2,35,36,37)(H3,23,28,29,34)/t7-,8-,11+,12?,13+,14?,19-,20-/m1/s1. The number of hydrogen-bond acceptors (Lipinski definition) is 18. The van der Waals surface area contributed by atoms with E-state index in [9.17, 15) is 38.8 Å². The zero-order valence-electron chi connectivity index (χ0n) is 23.9. The molecule has 0 bridgehead atoms. The molecule has 6 heterocycles. The van der Waals surface area contributed by atoms with Gasteiger partial charge in [0.2, 0.25) is 5.95 Å². The first kappa shape index (κ1) is 33.4. The molecule has 0 aromatic carbocycles. The predicted molar refractivity (Wildman–Crippen MR) is 152 cm³/mol. The fraction of sp³-hybridized carbons (Fsp3) is 0.524. The fourth-order valence-corrected chi connectivity index (χ4v) is 6.55. The number of anilines is 2. The van der Waals surface area contributed by atoms with Crippen molar-refractivity contribution in [3.05, 3.63) is 29.3 Å².